The molecule has 2 heterocycles. The van der Waals surface area contributed by atoms with Crippen LogP contribution in [0.25, 0.3) is 17.3 Å². The molecular weight excluding hydrogens is 382 g/mol. The highest BCUT2D eigenvalue weighted by Crippen LogP contribution is 2.23. The molecule has 2 aromatic heterocycles. The monoisotopic (exact) mass is 411 g/mol. The van der Waals surface area contributed by atoms with Crippen molar-refractivity contribution in [2.45, 2.75) is 46.6 Å². The van der Waals surface area contributed by atoms with Crippen LogP contribution in [0.1, 0.15) is 49.1 Å². The van der Waals surface area contributed by atoms with Crippen LogP contribution in [-0.4, -0.2) is 45.6 Å². The molecule has 0 aliphatic rings. The van der Waals surface area contributed by atoms with Gasteiger partial charge in [-0.05, 0) is 43.0 Å². The van der Waals surface area contributed by atoms with Gasteiger partial charge in [0.1, 0.15) is 5.69 Å². The Morgan fingerprint density at radius 2 is 2.07 bits per heavy atom. The lowest BCUT2D eigenvalue weighted by atomic mass is 10.1. The number of carbonyl (C=O) groups excluding carboxylic acids is 1. The molecule has 0 aliphatic carbocycles. The number of amides is 1. The molecule has 0 unspecified atom stereocenters. The first-order chi connectivity index (χ1) is 14.4. The van der Waals surface area contributed by atoms with E-state index in [0.717, 1.165) is 24.2 Å². The first-order valence-electron chi connectivity index (χ1n) is 10.2. The molecule has 1 aromatic carbocycles. The molecule has 8 nitrogen and oxygen atoms in total. The smallest absolute Gasteiger partial charge is 0.268 e. The minimum absolute atomic E-state index is 0.0280. The average molecular weight is 412 g/mol. The van der Waals surface area contributed by atoms with Crippen LogP contribution in [-0.2, 0) is 11.2 Å². The lowest BCUT2D eigenvalue weighted by molar-refractivity contribution is 0.0894. The second kappa shape index (κ2) is 9.67. The molecular formula is C22H29N5O3. The van der Waals surface area contributed by atoms with Gasteiger partial charge in [-0.1, -0.05) is 26.8 Å². The Bertz CT molecular complexity index is 992. The van der Waals surface area contributed by atoms with Gasteiger partial charge in [0, 0.05) is 25.3 Å². The van der Waals surface area contributed by atoms with Gasteiger partial charge in [0.05, 0.1) is 18.3 Å². The molecule has 3 aromatic rings. The highest BCUT2D eigenvalue weighted by Gasteiger charge is 2.18. The van der Waals surface area contributed by atoms with E-state index < -0.39 is 0 Å². The third kappa shape index (κ3) is 5.13. The average Bonchev–Trinajstić information content (AvgIpc) is 3.33. The first kappa shape index (κ1) is 21.7. The summed E-state index contributed by atoms with van der Waals surface area (Å²) in [5, 5.41) is 15.7. The molecule has 0 spiro atoms. The van der Waals surface area contributed by atoms with Crippen molar-refractivity contribution in [3.63, 3.8) is 0 Å². The molecule has 8 heteroatoms. The van der Waals surface area contributed by atoms with Crippen molar-refractivity contribution in [1.82, 2.24) is 25.3 Å². The molecule has 3 rings (SSSR count). The van der Waals surface area contributed by atoms with Gasteiger partial charge >= 0.3 is 0 Å². The van der Waals surface area contributed by atoms with Gasteiger partial charge in [0.25, 0.3) is 11.8 Å². The minimum atomic E-state index is -0.133. The summed E-state index contributed by atoms with van der Waals surface area (Å²) in [7, 11) is 1.63. The summed E-state index contributed by atoms with van der Waals surface area (Å²) < 4.78 is 12.6. The Morgan fingerprint density at radius 3 is 2.70 bits per heavy atom. The van der Waals surface area contributed by atoms with Crippen molar-refractivity contribution >= 4 is 5.91 Å². The van der Waals surface area contributed by atoms with E-state index in [1.54, 1.807) is 20.1 Å². The summed E-state index contributed by atoms with van der Waals surface area (Å²) in [4.78, 5) is 12.7. The number of benzene rings is 1. The number of methoxy groups -OCH3 is 1. The maximum absolute atomic E-state index is 12.7. The number of nitrogens with zero attached hydrogens (tertiary/aromatic N) is 4. The molecule has 30 heavy (non-hydrogen) atoms. The quantitative estimate of drug-likeness (QED) is 0.578. The van der Waals surface area contributed by atoms with Crippen molar-refractivity contribution in [3.8, 4) is 17.3 Å². The van der Waals surface area contributed by atoms with Gasteiger partial charge in [0.15, 0.2) is 0 Å². The predicted molar refractivity (Wildman–Crippen MR) is 114 cm³/mol. The van der Waals surface area contributed by atoms with Gasteiger partial charge in [-0.15, -0.1) is 10.2 Å². The van der Waals surface area contributed by atoms with E-state index in [2.05, 4.69) is 29.4 Å². The highest BCUT2D eigenvalue weighted by atomic mass is 16.5. The molecule has 0 saturated carbocycles. The molecule has 0 aliphatic heterocycles. The van der Waals surface area contributed by atoms with Crippen LogP contribution in [0.3, 0.4) is 0 Å². The number of ether oxygens (including phenoxy) is 1. The SMILES string of the molecule is CC[C@H](COC)NC(=O)c1cccc(-n2nc(-c3nnc(C)o3)cc2CC(C)C)c1. The van der Waals surface area contributed by atoms with E-state index in [1.165, 1.54) is 0 Å². The van der Waals surface area contributed by atoms with Gasteiger partial charge in [-0.3, -0.25) is 4.79 Å². The normalized spacial score (nSPS) is 12.3. The molecule has 0 saturated heterocycles. The Balaban J connectivity index is 1.93. The van der Waals surface area contributed by atoms with Crippen molar-refractivity contribution < 1.29 is 13.9 Å². The van der Waals surface area contributed by atoms with Crippen molar-refractivity contribution in [2.75, 3.05) is 13.7 Å². The van der Waals surface area contributed by atoms with Gasteiger partial charge in [-0.2, -0.15) is 5.10 Å². The van der Waals surface area contributed by atoms with Crippen LogP contribution in [0.2, 0.25) is 0 Å². The largest absolute Gasteiger partial charge is 0.420 e. The van der Waals surface area contributed by atoms with Gasteiger partial charge in [0.2, 0.25) is 5.89 Å². The predicted octanol–water partition coefficient (Wildman–Crippen LogP) is 3.58. The second-order valence-corrected chi connectivity index (χ2v) is 7.74. The molecule has 0 fully saturated rings. The van der Waals surface area contributed by atoms with Crippen LogP contribution in [0.15, 0.2) is 34.7 Å². The maximum Gasteiger partial charge on any atom is 0.268 e. The number of rotatable bonds is 9. The summed E-state index contributed by atoms with van der Waals surface area (Å²) >= 11 is 0. The zero-order valence-electron chi connectivity index (χ0n) is 18.2. The minimum Gasteiger partial charge on any atom is -0.420 e. The van der Waals surface area contributed by atoms with Crippen molar-refractivity contribution in [3.05, 3.63) is 47.5 Å². The molecule has 1 N–H and O–H groups in total. The summed E-state index contributed by atoms with van der Waals surface area (Å²) in [5.74, 6) is 1.18. The zero-order chi connectivity index (χ0) is 21.7. The summed E-state index contributed by atoms with van der Waals surface area (Å²) in [6.07, 6.45) is 1.62. The van der Waals surface area contributed by atoms with Crippen LogP contribution in [0.4, 0.5) is 0 Å². The maximum atomic E-state index is 12.7. The number of aryl methyl sites for hydroxylation is 1. The number of hydrogen-bond donors (Lipinski definition) is 1. The standard InChI is InChI=1S/C22H29N5O3/c1-6-17(13-29-5)23-21(28)16-8-7-9-18(11-16)27-19(10-14(2)3)12-20(26-27)22-25-24-15(4)30-22/h7-9,11-12,14,17H,6,10,13H2,1-5H3,(H,23,28)/t17-/m1/s1. The number of hydrogen-bond acceptors (Lipinski definition) is 6. The summed E-state index contributed by atoms with van der Waals surface area (Å²) in [5.41, 5.74) is 3.01. The molecule has 160 valence electrons. The summed E-state index contributed by atoms with van der Waals surface area (Å²) in [6.45, 7) is 8.55. The van der Waals surface area contributed by atoms with Crippen LogP contribution >= 0.6 is 0 Å². The first-order valence-corrected chi connectivity index (χ1v) is 10.2. The van der Waals surface area contributed by atoms with E-state index in [-0.39, 0.29) is 11.9 Å². The molecule has 1 atom stereocenters. The van der Waals surface area contributed by atoms with Crippen molar-refractivity contribution in [2.24, 2.45) is 5.92 Å². The summed E-state index contributed by atoms with van der Waals surface area (Å²) in [6, 6.07) is 9.37. The fourth-order valence-electron chi connectivity index (χ4n) is 3.22. The lowest BCUT2D eigenvalue weighted by Crippen LogP contribution is -2.37. The number of carbonyl (C=O) groups is 1. The highest BCUT2D eigenvalue weighted by molar-refractivity contribution is 5.94. The van der Waals surface area contributed by atoms with Gasteiger partial charge in [-0.25, -0.2) is 4.68 Å². The van der Waals surface area contributed by atoms with Crippen molar-refractivity contribution in [1.29, 1.82) is 0 Å². The second-order valence-electron chi connectivity index (χ2n) is 7.74. The fourth-order valence-corrected chi connectivity index (χ4v) is 3.22. The third-order valence-electron chi connectivity index (χ3n) is 4.69. The van der Waals surface area contributed by atoms with E-state index in [1.807, 2.05) is 35.9 Å². The Kier molecular flexibility index (Phi) is 6.99. The lowest BCUT2D eigenvalue weighted by Gasteiger charge is -2.16. The van der Waals surface area contributed by atoms with E-state index in [9.17, 15) is 4.79 Å². The van der Waals surface area contributed by atoms with Crippen LogP contribution in [0.5, 0.6) is 0 Å². The molecule has 0 bridgehead atoms. The number of nitrogens with one attached hydrogen (secondary N) is 1. The Labute approximate surface area is 176 Å². The number of aromatic nitrogens is 4. The Hall–Kier alpha value is -3.00. The topological polar surface area (TPSA) is 95.1 Å². The Morgan fingerprint density at radius 1 is 1.27 bits per heavy atom. The van der Waals surface area contributed by atoms with E-state index in [4.69, 9.17) is 14.3 Å². The van der Waals surface area contributed by atoms with Gasteiger partial charge < -0.3 is 14.5 Å². The molecule has 0 radical (unpaired) electrons. The van der Waals surface area contributed by atoms with Crippen LogP contribution in [0, 0.1) is 12.8 Å². The zero-order valence-corrected chi connectivity index (χ0v) is 18.2. The molecule has 1 amide bonds. The van der Waals surface area contributed by atoms with E-state index in [0.29, 0.717) is 35.6 Å². The van der Waals surface area contributed by atoms with Crippen LogP contribution < -0.4 is 5.32 Å². The third-order valence-corrected chi connectivity index (χ3v) is 4.69. The van der Waals surface area contributed by atoms with E-state index >= 15 is 0 Å². The fraction of sp³-hybridized carbons (Fsp3) is 0.455.